The number of nitro groups is 1. The maximum absolute atomic E-state index is 11.9. The van der Waals surface area contributed by atoms with Crippen molar-refractivity contribution in [2.24, 2.45) is 5.10 Å². The van der Waals surface area contributed by atoms with Gasteiger partial charge in [-0.15, -0.1) is 0 Å². The number of carbonyl (C=O) groups excluding carboxylic acids is 2. The molecule has 9 nitrogen and oxygen atoms in total. The number of nitro benzene ring substituents is 1. The summed E-state index contributed by atoms with van der Waals surface area (Å²) in [6.45, 7) is 0. The molecule has 0 atom stereocenters. The molecule has 0 bridgehead atoms. The lowest BCUT2D eigenvalue weighted by atomic mass is 10.2. The number of halogens is 1. The van der Waals surface area contributed by atoms with E-state index in [-0.39, 0.29) is 16.9 Å². The second-order valence-electron chi connectivity index (χ2n) is 4.81. The molecule has 0 spiro atoms. The first-order chi connectivity index (χ1) is 12.4. The summed E-state index contributed by atoms with van der Waals surface area (Å²) in [6.07, 6.45) is 1.07. The molecular formula is C16H13ClN4O5. The Morgan fingerprint density at radius 3 is 2.65 bits per heavy atom. The van der Waals surface area contributed by atoms with Crippen molar-refractivity contribution in [2.75, 3.05) is 12.4 Å². The minimum Gasteiger partial charge on any atom is -0.495 e. The summed E-state index contributed by atoms with van der Waals surface area (Å²) in [5, 5.41) is 17.1. The molecule has 0 heterocycles. The Balaban J connectivity index is 2.03. The highest BCUT2D eigenvalue weighted by molar-refractivity contribution is 6.40. The SMILES string of the molecule is COc1ccc(Cl)cc1NC(=O)C(=O)NN=Cc1ccccc1[N+](=O)[O-]. The van der Waals surface area contributed by atoms with Gasteiger partial charge in [0.15, 0.2) is 0 Å². The molecule has 0 saturated carbocycles. The number of hydrogen-bond acceptors (Lipinski definition) is 6. The standard InChI is InChI=1S/C16H13ClN4O5/c1-26-14-7-6-11(17)8-12(14)19-15(22)16(23)20-18-9-10-4-2-3-5-13(10)21(24)25/h2-9H,1H3,(H,19,22)(H,20,23). The highest BCUT2D eigenvalue weighted by atomic mass is 35.5. The Hall–Kier alpha value is -3.46. The van der Waals surface area contributed by atoms with E-state index in [2.05, 4.69) is 10.4 Å². The number of para-hydroxylation sites is 1. The van der Waals surface area contributed by atoms with Crippen molar-refractivity contribution in [2.45, 2.75) is 0 Å². The largest absolute Gasteiger partial charge is 0.495 e. The zero-order chi connectivity index (χ0) is 19.1. The third-order valence-electron chi connectivity index (χ3n) is 3.12. The van der Waals surface area contributed by atoms with Gasteiger partial charge in [-0.05, 0) is 24.3 Å². The van der Waals surface area contributed by atoms with E-state index < -0.39 is 16.7 Å². The number of rotatable bonds is 5. The topological polar surface area (TPSA) is 123 Å². The van der Waals surface area contributed by atoms with Gasteiger partial charge in [0.25, 0.3) is 5.69 Å². The van der Waals surface area contributed by atoms with Gasteiger partial charge in [-0.1, -0.05) is 23.7 Å². The quantitative estimate of drug-likeness (QED) is 0.359. The summed E-state index contributed by atoms with van der Waals surface area (Å²) in [5.41, 5.74) is 2.20. The second kappa shape index (κ2) is 8.58. The molecule has 2 aromatic carbocycles. The summed E-state index contributed by atoms with van der Waals surface area (Å²) in [4.78, 5) is 34.0. The molecule has 0 aliphatic carbocycles. The Labute approximate surface area is 152 Å². The van der Waals surface area contributed by atoms with Gasteiger partial charge < -0.3 is 10.1 Å². The third-order valence-corrected chi connectivity index (χ3v) is 3.35. The first-order valence-electron chi connectivity index (χ1n) is 7.13. The lowest BCUT2D eigenvalue weighted by molar-refractivity contribution is -0.385. The molecule has 2 aromatic rings. The van der Waals surface area contributed by atoms with Crippen LogP contribution in [0.3, 0.4) is 0 Å². The van der Waals surface area contributed by atoms with Crippen LogP contribution in [-0.2, 0) is 9.59 Å². The van der Waals surface area contributed by atoms with Crippen molar-refractivity contribution in [3.63, 3.8) is 0 Å². The molecule has 2 amide bonds. The van der Waals surface area contributed by atoms with Crippen molar-refractivity contribution in [1.29, 1.82) is 0 Å². The number of nitrogens with zero attached hydrogens (tertiary/aromatic N) is 2. The van der Waals surface area contributed by atoms with Gasteiger partial charge in [0.1, 0.15) is 5.75 Å². The second-order valence-corrected chi connectivity index (χ2v) is 5.25. The van der Waals surface area contributed by atoms with Gasteiger partial charge in [0, 0.05) is 11.1 Å². The molecule has 0 unspecified atom stereocenters. The molecule has 10 heteroatoms. The molecule has 0 saturated heterocycles. The van der Waals surface area contributed by atoms with E-state index in [0.717, 1.165) is 6.21 Å². The highest BCUT2D eigenvalue weighted by Crippen LogP contribution is 2.27. The van der Waals surface area contributed by atoms with Crippen LogP contribution in [0.25, 0.3) is 0 Å². The number of ether oxygens (including phenoxy) is 1. The fraction of sp³-hybridized carbons (Fsp3) is 0.0625. The van der Waals surface area contributed by atoms with E-state index in [1.54, 1.807) is 12.1 Å². The molecule has 2 rings (SSSR count). The number of methoxy groups -OCH3 is 1. The summed E-state index contributed by atoms with van der Waals surface area (Å²) >= 11 is 5.84. The van der Waals surface area contributed by atoms with Crippen LogP contribution in [0.5, 0.6) is 5.75 Å². The highest BCUT2D eigenvalue weighted by Gasteiger charge is 2.16. The number of carbonyl (C=O) groups is 2. The zero-order valence-corrected chi connectivity index (χ0v) is 14.2. The first-order valence-corrected chi connectivity index (χ1v) is 7.51. The fourth-order valence-electron chi connectivity index (χ4n) is 1.93. The normalized spacial score (nSPS) is 10.4. The van der Waals surface area contributed by atoms with E-state index in [9.17, 15) is 19.7 Å². The molecular weight excluding hydrogens is 364 g/mol. The number of hydrogen-bond donors (Lipinski definition) is 2. The van der Waals surface area contributed by atoms with Crippen LogP contribution in [0.4, 0.5) is 11.4 Å². The van der Waals surface area contributed by atoms with E-state index in [0.29, 0.717) is 10.8 Å². The summed E-state index contributed by atoms with van der Waals surface area (Å²) in [5.74, 6) is -1.76. The van der Waals surface area contributed by atoms with E-state index in [1.165, 1.54) is 37.4 Å². The van der Waals surface area contributed by atoms with Crippen LogP contribution < -0.4 is 15.5 Å². The summed E-state index contributed by atoms with van der Waals surface area (Å²) < 4.78 is 5.06. The molecule has 2 N–H and O–H groups in total. The van der Waals surface area contributed by atoms with Crippen LogP contribution in [0.2, 0.25) is 5.02 Å². The van der Waals surface area contributed by atoms with Crippen LogP contribution in [-0.4, -0.2) is 30.1 Å². The van der Waals surface area contributed by atoms with E-state index in [1.807, 2.05) is 5.43 Å². The summed E-state index contributed by atoms with van der Waals surface area (Å²) in [7, 11) is 1.40. The Morgan fingerprint density at radius 1 is 1.23 bits per heavy atom. The van der Waals surface area contributed by atoms with Crippen LogP contribution in [0.1, 0.15) is 5.56 Å². The molecule has 0 aliphatic rings. The Kier molecular flexibility index (Phi) is 6.23. The van der Waals surface area contributed by atoms with Gasteiger partial charge in [-0.25, -0.2) is 5.43 Å². The number of nitrogens with one attached hydrogen (secondary N) is 2. The molecule has 0 fully saturated rings. The predicted molar refractivity (Wildman–Crippen MR) is 95.5 cm³/mol. The first kappa shape index (κ1) is 18.9. The number of hydrazone groups is 1. The maximum Gasteiger partial charge on any atom is 0.329 e. The average Bonchev–Trinajstić information content (AvgIpc) is 2.62. The van der Waals surface area contributed by atoms with Gasteiger partial charge in [0.2, 0.25) is 0 Å². The van der Waals surface area contributed by atoms with E-state index in [4.69, 9.17) is 16.3 Å². The zero-order valence-electron chi connectivity index (χ0n) is 13.4. The monoisotopic (exact) mass is 376 g/mol. The van der Waals surface area contributed by atoms with Crippen molar-refractivity contribution in [1.82, 2.24) is 5.43 Å². The minimum absolute atomic E-state index is 0.176. The lowest BCUT2D eigenvalue weighted by Gasteiger charge is -2.09. The Bertz CT molecular complexity index is 885. The number of benzene rings is 2. The van der Waals surface area contributed by atoms with Gasteiger partial charge in [-0.2, -0.15) is 5.10 Å². The van der Waals surface area contributed by atoms with Gasteiger partial charge in [0.05, 0.1) is 29.5 Å². The van der Waals surface area contributed by atoms with Gasteiger partial charge >= 0.3 is 11.8 Å². The summed E-state index contributed by atoms with van der Waals surface area (Å²) in [6, 6.07) is 10.3. The molecule has 0 radical (unpaired) electrons. The molecule has 0 aliphatic heterocycles. The Morgan fingerprint density at radius 2 is 1.96 bits per heavy atom. The van der Waals surface area contributed by atoms with Crippen molar-refractivity contribution >= 4 is 41.0 Å². The fourth-order valence-corrected chi connectivity index (χ4v) is 2.10. The smallest absolute Gasteiger partial charge is 0.329 e. The van der Waals surface area contributed by atoms with Crippen molar-refractivity contribution in [3.05, 3.63) is 63.2 Å². The average molecular weight is 377 g/mol. The minimum atomic E-state index is -1.07. The predicted octanol–water partition coefficient (Wildman–Crippen LogP) is 2.35. The van der Waals surface area contributed by atoms with E-state index >= 15 is 0 Å². The number of amides is 2. The van der Waals surface area contributed by atoms with Crippen molar-refractivity contribution < 1.29 is 19.2 Å². The van der Waals surface area contributed by atoms with Crippen LogP contribution in [0, 0.1) is 10.1 Å². The third kappa shape index (κ3) is 4.77. The van der Waals surface area contributed by atoms with Gasteiger partial charge in [-0.3, -0.25) is 19.7 Å². The lowest BCUT2D eigenvalue weighted by Crippen LogP contribution is -2.32. The number of anilines is 1. The molecule has 26 heavy (non-hydrogen) atoms. The maximum atomic E-state index is 11.9. The van der Waals surface area contributed by atoms with Crippen LogP contribution in [0.15, 0.2) is 47.6 Å². The van der Waals surface area contributed by atoms with Crippen LogP contribution >= 0.6 is 11.6 Å². The van der Waals surface area contributed by atoms with Crippen molar-refractivity contribution in [3.8, 4) is 5.75 Å². The molecule has 134 valence electrons. The molecule has 0 aromatic heterocycles.